The Hall–Kier alpha value is -0.550. The predicted molar refractivity (Wildman–Crippen MR) is 66.5 cm³/mol. The van der Waals surface area contributed by atoms with Gasteiger partial charge in [-0.3, -0.25) is 14.5 Å². The van der Waals surface area contributed by atoms with E-state index >= 15 is 0 Å². The van der Waals surface area contributed by atoms with E-state index in [1.165, 1.54) is 4.90 Å². The van der Waals surface area contributed by atoms with E-state index in [0.717, 1.165) is 18.3 Å². The van der Waals surface area contributed by atoms with Gasteiger partial charge in [0.15, 0.2) is 0 Å². The van der Waals surface area contributed by atoms with Crippen LogP contribution in [0.2, 0.25) is 0 Å². The van der Waals surface area contributed by atoms with Crippen molar-refractivity contribution in [2.75, 3.05) is 18.8 Å². The van der Waals surface area contributed by atoms with Crippen LogP contribution < -0.4 is 5.32 Å². The fourth-order valence-corrected chi connectivity index (χ4v) is 2.15. The van der Waals surface area contributed by atoms with Crippen LogP contribution in [0.4, 0.5) is 4.79 Å². The molecule has 16 heavy (non-hydrogen) atoms. The third kappa shape index (κ3) is 4.14. The molecule has 1 N–H and O–H groups in total. The zero-order chi connectivity index (χ0) is 12.3. The first-order valence-corrected chi connectivity index (χ1v) is 6.50. The molecule has 1 unspecified atom stereocenters. The van der Waals surface area contributed by atoms with Crippen molar-refractivity contribution < 1.29 is 9.59 Å². The molecule has 1 aliphatic rings. The first kappa shape index (κ1) is 13.5. The Kier molecular flexibility index (Phi) is 4.38. The number of amides is 2. The Balaban J connectivity index is 2.36. The minimum Gasteiger partial charge on any atom is -0.312 e. The summed E-state index contributed by atoms with van der Waals surface area (Å²) in [4.78, 5) is 24.1. The second-order valence-electron chi connectivity index (χ2n) is 5.29. The van der Waals surface area contributed by atoms with Gasteiger partial charge in [-0.05, 0) is 33.2 Å². The summed E-state index contributed by atoms with van der Waals surface area (Å²) in [5, 5.41) is 3.27. The lowest BCUT2D eigenvalue weighted by atomic mass is 10.1. The van der Waals surface area contributed by atoms with E-state index in [1.807, 2.05) is 6.92 Å². The number of imide groups is 1. The van der Waals surface area contributed by atoms with Crippen LogP contribution in [0.25, 0.3) is 0 Å². The van der Waals surface area contributed by atoms with E-state index in [4.69, 9.17) is 0 Å². The van der Waals surface area contributed by atoms with E-state index in [1.54, 1.807) is 0 Å². The van der Waals surface area contributed by atoms with Crippen molar-refractivity contribution >= 4 is 22.9 Å². The summed E-state index contributed by atoms with van der Waals surface area (Å²) in [6.45, 7) is 9.67. The highest BCUT2D eigenvalue weighted by Crippen LogP contribution is 2.19. The topological polar surface area (TPSA) is 49.4 Å². The summed E-state index contributed by atoms with van der Waals surface area (Å²) in [7, 11) is 0. The van der Waals surface area contributed by atoms with Gasteiger partial charge >= 0.3 is 0 Å². The van der Waals surface area contributed by atoms with Crippen molar-refractivity contribution in [1.29, 1.82) is 0 Å². The molecule has 0 bridgehead atoms. The molecule has 2 amide bonds. The van der Waals surface area contributed by atoms with Crippen molar-refractivity contribution in [3.8, 4) is 0 Å². The van der Waals surface area contributed by atoms with Crippen LogP contribution >= 0.6 is 11.8 Å². The molecule has 5 heteroatoms. The fraction of sp³-hybridized carbons (Fsp3) is 0.818. The Morgan fingerprint density at radius 3 is 2.50 bits per heavy atom. The van der Waals surface area contributed by atoms with Crippen LogP contribution in [-0.4, -0.2) is 40.4 Å². The van der Waals surface area contributed by atoms with Gasteiger partial charge < -0.3 is 5.32 Å². The van der Waals surface area contributed by atoms with Gasteiger partial charge in [-0.2, -0.15) is 0 Å². The highest BCUT2D eigenvalue weighted by atomic mass is 32.2. The summed E-state index contributed by atoms with van der Waals surface area (Å²) in [6.07, 6.45) is 0. The second kappa shape index (κ2) is 5.19. The quantitative estimate of drug-likeness (QED) is 0.818. The smallest absolute Gasteiger partial charge is 0.288 e. The Morgan fingerprint density at radius 2 is 2.06 bits per heavy atom. The van der Waals surface area contributed by atoms with Crippen LogP contribution in [0.5, 0.6) is 0 Å². The SMILES string of the molecule is CC(CNC(C)(C)C)CN1C(=O)CSC1=O. The minimum absolute atomic E-state index is 0.0578. The Bertz CT molecular complexity index is 270. The molecule has 0 saturated carbocycles. The summed E-state index contributed by atoms with van der Waals surface area (Å²) in [5.41, 5.74) is 0.0715. The maximum absolute atomic E-state index is 11.4. The molecule has 0 spiro atoms. The van der Waals surface area contributed by atoms with Gasteiger partial charge in [0.25, 0.3) is 5.24 Å². The van der Waals surface area contributed by atoms with E-state index < -0.39 is 0 Å². The lowest BCUT2D eigenvalue weighted by molar-refractivity contribution is -0.124. The summed E-state index contributed by atoms with van der Waals surface area (Å²) in [5.74, 6) is 0.529. The van der Waals surface area contributed by atoms with Crippen molar-refractivity contribution in [3.05, 3.63) is 0 Å². The highest BCUT2D eigenvalue weighted by Gasteiger charge is 2.30. The fourth-order valence-electron chi connectivity index (χ4n) is 1.41. The molecular formula is C11H20N2O2S. The average molecular weight is 244 g/mol. The number of nitrogens with zero attached hydrogens (tertiary/aromatic N) is 1. The summed E-state index contributed by atoms with van der Waals surface area (Å²) < 4.78 is 0. The largest absolute Gasteiger partial charge is 0.312 e. The molecular weight excluding hydrogens is 224 g/mol. The predicted octanol–water partition coefficient (Wildman–Crippen LogP) is 1.71. The molecule has 1 rings (SSSR count). The lowest BCUT2D eigenvalue weighted by Gasteiger charge is -2.25. The molecule has 1 aliphatic heterocycles. The van der Waals surface area contributed by atoms with E-state index in [0.29, 0.717) is 12.3 Å². The third-order valence-corrected chi connectivity index (χ3v) is 3.17. The van der Waals surface area contributed by atoms with Crippen LogP contribution in [0.3, 0.4) is 0 Å². The van der Waals surface area contributed by atoms with Crippen molar-refractivity contribution in [2.45, 2.75) is 33.2 Å². The van der Waals surface area contributed by atoms with Crippen LogP contribution in [0.15, 0.2) is 0 Å². The molecule has 1 heterocycles. The zero-order valence-electron chi connectivity index (χ0n) is 10.4. The summed E-state index contributed by atoms with van der Waals surface area (Å²) in [6, 6.07) is 0. The van der Waals surface area contributed by atoms with Gasteiger partial charge in [0, 0.05) is 12.1 Å². The number of hydrogen-bond donors (Lipinski definition) is 1. The number of hydrogen-bond acceptors (Lipinski definition) is 4. The first-order valence-electron chi connectivity index (χ1n) is 5.52. The van der Waals surface area contributed by atoms with Crippen LogP contribution in [0.1, 0.15) is 27.7 Å². The first-order chi connectivity index (χ1) is 7.29. The zero-order valence-corrected chi connectivity index (χ0v) is 11.2. The van der Waals surface area contributed by atoms with E-state index in [-0.39, 0.29) is 22.6 Å². The lowest BCUT2D eigenvalue weighted by Crippen LogP contribution is -2.42. The monoisotopic (exact) mass is 244 g/mol. The normalized spacial score (nSPS) is 19.4. The molecule has 0 aromatic rings. The van der Waals surface area contributed by atoms with Gasteiger partial charge in [0.2, 0.25) is 5.91 Å². The third-order valence-electron chi connectivity index (χ3n) is 2.32. The van der Waals surface area contributed by atoms with Crippen molar-refractivity contribution in [2.24, 2.45) is 5.92 Å². The average Bonchev–Trinajstić information content (AvgIpc) is 2.45. The number of nitrogens with one attached hydrogen (secondary N) is 1. The van der Waals surface area contributed by atoms with Gasteiger partial charge in [-0.15, -0.1) is 0 Å². The number of carbonyl (C=O) groups excluding carboxylic acids is 2. The summed E-state index contributed by atoms with van der Waals surface area (Å²) >= 11 is 1.10. The second-order valence-corrected chi connectivity index (χ2v) is 6.22. The maximum Gasteiger partial charge on any atom is 0.288 e. The minimum atomic E-state index is -0.104. The standard InChI is InChI=1S/C11H20N2O2S/c1-8(5-12-11(2,3)4)6-13-9(14)7-16-10(13)15/h8,12H,5-7H2,1-4H3. The molecule has 4 nitrogen and oxygen atoms in total. The van der Waals surface area contributed by atoms with E-state index in [9.17, 15) is 9.59 Å². The Morgan fingerprint density at radius 1 is 1.44 bits per heavy atom. The van der Waals surface area contributed by atoms with Crippen molar-refractivity contribution in [1.82, 2.24) is 10.2 Å². The van der Waals surface area contributed by atoms with Gasteiger partial charge in [-0.1, -0.05) is 18.7 Å². The number of rotatable bonds is 4. The van der Waals surface area contributed by atoms with Gasteiger partial charge in [0.1, 0.15) is 0 Å². The maximum atomic E-state index is 11.4. The van der Waals surface area contributed by atoms with Crippen LogP contribution in [0, 0.1) is 5.92 Å². The molecule has 0 radical (unpaired) electrons. The molecule has 92 valence electrons. The molecule has 1 atom stereocenters. The van der Waals surface area contributed by atoms with E-state index in [2.05, 4.69) is 26.1 Å². The van der Waals surface area contributed by atoms with Gasteiger partial charge in [-0.25, -0.2) is 0 Å². The van der Waals surface area contributed by atoms with Crippen LogP contribution in [-0.2, 0) is 4.79 Å². The molecule has 1 saturated heterocycles. The molecule has 0 aliphatic carbocycles. The number of thioether (sulfide) groups is 1. The molecule has 1 fully saturated rings. The molecule has 0 aromatic heterocycles. The number of carbonyl (C=O) groups is 2. The molecule has 0 aromatic carbocycles. The van der Waals surface area contributed by atoms with Crippen molar-refractivity contribution in [3.63, 3.8) is 0 Å². The Labute approximate surface area is 101 Å². The van der Waals surface area contributed by atoms with Gasteiger partial charge in [0.05, 0.1) is 5.75 Å². The highest BCUT2D eigenvalue weighted by molar-refractivity contribution is 8.14.